The molecule has 4 nitrogen and oxygen atoms in total. The molecule has 0 unspecified atom stereocenters. The van der Waals surface area contributed by atoms with Crippen LogP contribution < -0.4 is 5.32 Å². The standard InChI is InChI=1S/C20H20N2O2/c1-12-5-6-18(9-13(12)2)22-20(24)17(11-21)10-16-7-14(3)19(23)15(4)8-16/h5-10,23H,1-4H3,(H,22,24)/b17-10-. The van der Waals surface area contributed by atoms with Crippen LogP contribution in [0, 0.1) is 39.0 Å². The Morgan fingerprint density at radius 1 is 1.04 bits per heavy atom. The molecule has 0 radical (unpaired) electrons. The van der Waals surface area contributed by atoms with Crippen LogP contribution in [0.4, 0.5) is 5.69 Å². The minimum absolute atomic E-state index is 0.0118. The molecule has 0 saturated carbocycles. The summed E-state index contributed by atoms with van der Waals surface area (Å²) in [6, 6.07) is 11.0. The van der Waals surface area contributed by atoms with Crippen molar-refractivity contribution in [2.45, 2.75) is 27.7 Å². The van der Waals surface area contributed by atoms with Gasteiger partial charge in [-0.1, -0.05) is 6.07 Å². The van der Waals surface area contributed by atoms with Crippen molar-refractivity contribution in [1.29, 1.82) is 5.26 Å². The number of nitriles is 1. The van der Waals surface area contributed by atoms with Crippen LogP contribution in [0.1, 0.15) is 27.8 Å². The van der Waals surface area contributed by atoms with Gasteiger partial charge in [-0.3, -0.25) is 4.79 Å². The fourth-order valence-corrected chi connectivity index (χ4v) is 2.41. The van der Waals surface area contributed by atoms with E-state index in [1.165, 1.54) is 6.08 Å². The maximum absolute atomic E-state index is 12.3. The molecule has 122 valence electrons. The fraction of sp³-hybridized carbons (Fsp3) is 0.200. The van der Waals surface area contributed by atoms with Crippen LogP contribution in [0.3, 0.4) is 0 Å². The molecule has 0 atom stereocenters. The Balaban J connectivity index is 2.29. The lowest BCUT2D eigenvalue weighted by Gasteiger charge is -2.08. The van der Waals surface area contributed by atoms with Gasteiger partial charge in [0.2, 0.25) is 0 Å². The van der Waals surface area contributed by atoms with Crippen molar-refractivity contribution in [2.75, 3.05) is 5.32 Å². The monoisotopic (exact) mass is 320 g/mol. The summed E-state index contributed by atoms with van der Waals surface area (Å²) in [5.41, 5.74) is 4.98. The van der Waals surface area contributed by atoms with E-state index in [-0.39, 0.29) is 11.3 Å². The summed E-state index contributed by atoms with van der Waals surface area (Å²) in [7, 11) is 0. The molecule has 0 fully saturated rings. The summed E-state index contributed by atoms with van der Waals surface area (Å²) in [6.45, 7) is 7.52. The second-order valence-electron chi connectivity index (χ2n) is 5.93. The van der Waals surface area contributed by atoms with Crippen molar-refractivity contribution in [3.63, 3.8) is 0 Å². The first-order chi connectivity index (χ1) is 11.3. The number of hydrogen-bond donors (Lipinski definition) is 2. The second-order valence-corrected chi connectivity index (χ2v) is 5.93. The molecule has 2 N–H and O–H groups in total. The number of nitrogens with one attached hydrogen (secondary N) is 1. The highest BCUT2D eigenvalue weighted by molar-refractivity contribution is 6.09. The molecular weight excluding hydrogens is 300 g/mol. The van der Waals surface area contributed by atoms with E-state index < -0.39 is 5.91 Å². The maximum Gasteiger partial charge on any atom is 0.266 e. The molecule has 1 amide bonds. The summed E-state index contributed by atoms with van der Waals surface area (Å²) in [5.74, 6) is -0.227. The van der Waals surface area contributed by atoms with Gasteiger partial charge in [0.05, 0.1) is 0 Å². The van der Waals surface area contributed by atoms with Crippen molar-refractivity contribution in [3.05, 3.63) is 63.7 Å². The lowest BCUT2D eigenvalue weighted by molar-refractivity contribution is -0.112. The third kappa shape index (κ3) is 3.82. The number of nitrogens with zero attached hydrogens (tertiary/aromatic N) is 1. The van der Waals surface area contributed by atoms with Gasteiger partial charge >= 0.3 is 0 Å². The van der Waals surface area contributed by atoms with Gasteiger partial charge in [-0.2, -0.15) is 5.26 Å². The van der Waals surface area contributed by atoms with Gasteiger partial charge in [-0.25, -0.2) is 0 Å². The number of anilines is 1. The Bertz CT molecular complexity index is 851. The molecule has 0 aliphatic carbocycles. The number of amides is 1. The van der Waals surface area contributed by atoms with E-state index in [2.05, 4.69) is 5.32 Å². The molecular formula is C20H20N2O2. The number of rotatable bonds is 3. The zero-order valence-corrected chi connectivity index (χ0v) is 14.3. The average Bonchev–Trinajstić information content (AvgIpc) is 2.53. The van der Waals surface area contributed by atoms with Crippen LogP contribution in [-0.4, -0.2) is 11.0 Å². The molecule has 0 bridgehead atoms. The maximum atomic E-state index is 12.3. The van der Waals surface area contributed by atoms with Gasteiger partial charge in [0.15, 0.2) is 0 Å². The largest absolute Gasteiger partial charge is 0.507 e. The van der Waals surface area contributed by atoms with E-state index in [0.29, 0.717) is 22.4 Å². The zero-order valence-electron chi connectivity index (χ0n) is 14.3. The van der Waals surface area contributed by atoms with E-state index in [1.54, 1.807) is 26.0 Å². The number of benzene rings is 2. The van der Waals surface area contributed by atoms with Crippen molar-refractivity contribution in [3.8, 4) is 11.8 Å². The van der Waals surface area contributed by atoms with Gasteiger partial charge in [-0.15, -0.1) is 0 Å². The number of carbonyl (C=O) groups excluding carboxylic acids is 1. The fourth-order valence-electron chi connectivity index (χ4n) is 2.41. The van der Waals surface area contributed by atoms with Gasteiger partial charge in [0, 0.05) is 5.69 Å². The third-order valence-electron chi connectivity index (χ3n) is 3.95. The molecule has 2 rings (SSSR count). The predicted molar refractivity (Wildman–Crippen MR) is 95.7 cm³/mol. The predicted octanol–water partition coefficient (Wildman–Crippen LogP) is 4.17. The van der Waals surface area contributed by atoms with Crippen LogP contribution in [0.25, 0.3) is 6.08 Å². The first-order valence-corrected chi connectivity index (χ1v) is 7.62. The summed E-state index contributed by atoms with van der Waals surface area (Å²) >= 11 is 0. The van der Waals surface area contributed by atoms with Gasteiger partial charge in [-0.05, 0) is 85.9 Å². The quantitative estimate of drug-likeness (QED) is 0.658. The third-order valence-corrected chi connectivity index (χ3v) is 3.95. The topological polar surface area (TPSA) is 73.1 Å². The summed E-state index contributed by atoms with van der Waals surface area (Å²) < 4.78 is 0. The van der Waals surface area contributed by atoms with Gasteiger partial charge in [0.1, 0.15) is 17.4 Å². The lowest BCUT2D eigenvalue weighted by atomic mass is 10.0. The van der Waals surface area contributed by atoms with Gasteiger partial charge in [0.25, 0.3) is 5.91 Å². The minimum atomic E-state index is -0.455. The van der Waals surface area contributed by atoms with Crippen LogP contribution in [0.15, 0.2) is 35.9 Å². The first kappa shape index (κ1) is 17.3. The summed E-state index contributed by atoms with van der Waals surface area (Å²) in [5, 5.41) is 21.9. The van der Waals surface area contributed by atoms with Crippen LogP contribution in [0.5, 0.6) is 5.75 Å². The number of phenolic OH excluding ortho intramolecular Hbond substituents is 1. The van der Waals surface area contributed by atoms with E-state index in [9.17, 15) is 15.2 Å². The number of phenols is 1. The Labute approximate surface area is 142 Å². The number of hydrogen-bond acceptors (Lipinski definition) is 3. The first-order valence-electron chi connectivity index (χ1n) is 7.62. The minimum Gasteiger partial charge on any atom is -0.507 e. The molecule has 0 heterocycles. The van der Waals surface area contributed by atoms with E-state index >= 15 is 0 Å². The van der Waals surface area contributed by atoms with Crippen molar-refractivity contribution >= 4 is 17.7 Å². The molecule has 4 heteroatoms. The molecule has 0 spiro atoms. The van der Waals surface area contributed by atoms with Crippen molar-refractivity contribution in [1.82, 2.24) is 0 Å². The summed E-state index contributed by atoms with van der Waals surface area (Å²) in [6.07, 6.45) is 1.52. The smallest absolute Gasteiger partial charge is 0.266 e. The van der Waals surface area contributed by atoms with E-state index in [0.717, 1.165) is 11.1 Å². The Hall–Kier alpha value is -3.06. The Morgan fingerprint density at radius 3 is 2.21 bits per heavy atom. The highest BCUT2D eigenvalue weighted by Crippen LogP contribution is 2.24. The summed E-state index contributed by atoms with van der Waals surface area (Å²) in [4.78, 5) is 12.3. The average molecular weight is 320 g/mol. The van der Waals surface area contributed by atoms with Crippen molar-refractivity contribution < 1.29 is 9.90 Å². The van der Waals surface area contributed by atoms with Crippen molar-refractivity contribution in [2.24, 2.45) is 0 Å². The zero-order chi connectivity index (χ0) is 17.9. The number of carbonyl (C=O) groups is 1. The number of aryl methyl sites for hydroxylation is 4. The molecule has 2 aromatic carbocycles. The highest BCUT2D eigenvalue weighted by atomic mass is 16.3. The van der Waals surface area contributed by atoms with E-state index in [1.807, 2.05) is 38.1 Å². The Kier molecular flexibility index (Phi) is 5.05. The molecule has 2 aromatic rings. The second kappa shape index (κ2) is 7.01. The SMILES string of the molecule is Cc1ccc(NC(=O)/C(C#N)=C\c2cc(C)c(O)c(C)c2)cc1C. The van der Waals surface area contributed by atoms with Crippen LogP contribution in [0.2, 0.25) is 0 Å². The molecule has 0 aromatic heterocycles. The van der Waals surface area contributed by atoms with E-state index in [4.69, 9.17) is 0 Å². The van der Waals surface area contributed by atoms with Gasteiger partial charge < -0.3 is 10.4 Å². The van der Waals surface area contributed by atoms with Crippen LogP contribution >= 0.6 is 0 Å². The molecule has 0 aliphatic rings. The Morgan fingerprint density at radius 2 is 1.67 bits per heavy atom. The molecule has 24 heavy (non-hydrogen) atoms. The lowest BCUT2D eigenvalue weighted by Crippen LogP contribution is -2.13. The van der Waals surface area contributed by atoms with Crippen LogP contribution in [-0.2, 0) is 4.79 Å². The highest BCUT2D eigenvalue weighted by Gasteiger charge is 2.11. The molecule has 0 aliphatic heterocycles. The normalized spacial score (nSPS) is 11.0. The number of aromatic hydroxyl groups is 1. The molecule has 0 saturated heterocycles.